The summed E-state index contributed by atoms with van der Waals surface area (Å²) in [6.45, 7) is 4.34. The third-order valence-electron chi connectivity index (χ3n) is 6.21. The number of carbonyl (C=O) groups is 1. The van der Waals surface area contributed by atoms with E-state index in [9.17, 15) is 4.79 Å². The summed E-state index contributed by atoms with van der Waals surface area (Å²) in [7, 11) is 0. The van der Waals surface area contributed by atoms with Gasteiger partial charge in [0, 0.05) is 23.3 Å². The first-order valence-electron chi connectivity index (χ1n) is 9.11. The summed E-state index contributed by atoms with van der Waals surface area (Å²) in [4.78, 5) is 16.7. The van der Waals surface area contributed by atoms with Gasteiger partial charge in [-0.2, -0.15) is 0 Å². The second-order valence-electron chi connectivity index (χ2n) is 7.74. The van der Waals surface area contributed by atoms with Crippen LogP contribution in [0, 0.1) is 17.8 Å². The number of hydrogen-bond donors (Lipinski definition) is 0. The molecule has 0 N–H and O–H groups in total. The van der Waals surface area contributed by atoms with Crippen molar-refractivity contribution in [1.82, 2.24) is 4.90 Å². The lowest BCUT2D eigenvalue weighted by Crippen LogP contribution is -2.44. The van der Waals surface area contributed by atoms with E-state index >= 15 is 0 Å². The van der Waals surface area contributed by atoms with Crippen molar-refractivity contribution in [3.8, 4) is 0 Å². The first-order chi connectivity index (χ1) is 10.7. The van der Waals surface area contributed by atoms with Crippen molar-refractivity contribution in [2.45, 2.75) is 58.3 Å². The standard InChI is InChI=1S/C19H27NOS/c1-13-6-7-16-17(12-22-18(16)10-13)19(21)20-9-8-14-4-2-3-5-15(14)11-20/h12-15H,2-11H2,1H3/t13-,14+,15-/m1/s1. The molecule has 2 fully saturated rings. The van der Waals surface area contributed by atoms with Gasteiger partial charge in [0.25, 0.3) is 5.91 Å². The summed E-state index contributed by atoms with van der Waals surface area (Å²) in [6.07, 6.45) is 10.3. The van der Waals surface area contributed by atoms with Gasteiger partial charge in [0.1, 0.15) is 0 Å². The van der Waals surface area contributed by atoms with Crippen molar-refractivity contribution in [2.75, 3.05) is 13.1 Å². The molecule has 22 heavy (non-hydrogen) atoms. The van der Waals surface area contributed by atoms with Crippen LogP contribution in [0.5, 0.6) is 0 Å². The average Bonchev–Trinajstić information content (AvgIpc) is 2.96. The number of likely N-dealkylation sites (tertiary alicyclic amines) is 1. The monoisotopic (exact) mass is 317 g/mol. The Kier molecular flexibility index (Phi) is 4.02. The zero-order valence-corrected chi connectivity index (χ0v) is 14.5. The first-order valence-corrected chi connectivity index (χ1v) is 9.99. The first kappa shape index (κ1) is 14.7. The molecule has 0 aromatic carbocycles. The lowest BCUT2D eigenvalue weighted by atomic mass is 9.75. The molecule has 1 saturated carbocycles. The van der Waals surface area contributed by atoms with E-state index in [0.29, 0.717) is 5.91 Å². The molecule has 120 valence electrons. The third kappa shape index (κ3) is 2.62. The topological polar surface area (TPSA) is 20.3 Å². The second kappa shape index (κ2) is 5.99. The van der Waals surface area contributed by atoms with E-state index in [1.807, 2.05) is 11.3 Å². The molecule has 0 unspecified atom stereocenters. The van der Waals surface area contributed by atoms with Crippen LogP contribution in [0.1, 0.15) is 66.2 Å². The van der Waals surface area contributed by atoms with Gasteiger partial charge in [0.15, 0.2) is 0 Å². The van der Waals surface area contributed by atoms with Crippen LogP contribution < -0.4 is 0 Å². The van der Waals surface area contributed by atoms with Crippen LogP contribution in [-0.2, 0) is 12.8 Å². The maximum atomic E-state index is 13.0. The molecule has 3 heteroatoms. The molecule has 2 nitrogen and oxygen atoms in total. The summed E-state index contributed by atoms with van der Waals surface area (Å²) < 4.78 is 0. The van der Waals surface area contributed by atoms with Gasteiger partial charge in [0.2, 0.25) is 0 Å². The molecular weight excluding hydrogens is 290 g/mol. The average molecular weight is 317 g/mol. The molecule has 1 aromatic heterocycles. The number of hydrogen-bond acceptors (Lipinski definition) is 2. The number of nitrogens with zero attached hydrogens (tertiary/aromatic N) is 1. The molecule has 3 aliphatic rings. The van der Waals surface area contributed by atoms with Gasteiger partial charge in [-0.3, -0.25) is 4.79 Å². The normalized spacial score (nSPS) is 31.5. The second-order valence-corrected chi connectivity index (χ2v) is 8.71. The van der Waals surface area contributed by atoms with E-state index in [2.05, 4.69) is 17.2 Å². The van der Waals surface area contributed by atoms with E-state index in [0.717, 1.165) is 42.8 Å². The summed E-state index contributed by atoms with van der Waals surface area (Å²) in [5.74, 6) is 2.79. The van der Waals surface area contributed by atoms with Gasteiger partial charge in [-0.1, -0.05) is 26.2 Å². The lowest BCUT2D eigenvalue weighted by Gasteiger charge is -2.41. The lowest BCUT2D eigenvalue weighted by molar-refractivity contribution is 0.0520. The van der Waals surface area contributed by atoms with Crippen LogP contribution >= 0.6 is 11.3 Å². The van der Waals surface area contributed by atoms with Crippen molar-refractivity contribution in [3.05, 3.63) is 21.4 Å². The Labute approximate surface area is 137 Å². The fraction of sp³-hybridized carbons (Fsp3) is 0.737. The van der Waals surface area contributed by atoms with Crippen LogP contribution in [0.25, 0.3) is 0 Å². The molecule has 0 radical (unpaired) electrons. The van der Waals surface area contributed by atoms with Crippen molar-refractivity contribution >= 4 is 17.2 Å². The Bertz CT molecular complexity index is 564. The summed E-state index contributed by atoms with van der Waals surface area (Å²) >= 11 is 1.82. The maximum absolute atomic E-state index is 13.0. The van der Waals surface area contributed by atoms with Crippen LogP contribution in [-0.4, -0.2) is 23.9 Å². The van der Waals surface area contributed by atoms with Crippen LogP contribution in [0.4, 0.5) is 0 Å². The number of carbonyl (C=O) groups excluding carboxylic acids is 1. The summed E-state index contributed by atoms with van der Waals surface area (Å²) in [5, 5.41) is 2.15. The van der Waals surface area contributed by atoms with Crippen molar-refractivity contribution in [2.24, 2.45) is 17.8 Å². The number of rotatable bonds is 1. The van der Waals surface area contributed by atoms with Crippen LogP contribution in [0.3, 0.4) is 0 Å². The molecule has 1 saturated heterocycles. The maximum Gasteiger partial charge on any atom is 0.254 e. The molecule has 1 amide bonds. The molecule has 2 heterocycles. The fourth-order valence-corrected chi connectivity index (χ4v) is 6.05. The van der Waals surface area contributed by atoms with Gasteiger partial charge in [-0.25, -0.2) is 0 Å². The zero-order chi connectivity index (χ0) is 15.1. The fourth-order valence-electron chi connectivity index (χ4n) is 4.81. The van der Waals surface area contributed by atoms with E-state index in [1.54, 1.807) is 0 Å². The highest BCUT2D eigenvalue weighted by Crippen LogP contribution is 2.38. The Morgan fingerprint density at radius 2 is 2.00 bits per heavy atom. The molecule has 0 spiro atoms. The van der Waals surface area contributed by atoms with Gasteiger partial charge in [-0.15, -0.1) is 11.3 Å². The minimum absolute atomic E-state index is 0.330. The minimum Gasteiger partial charge on any atom is -0.338 e. The Balaban J connectivity index is 1.50. The predicted octanol–water partition coefficient (Wildman–Crippen LogP) is 4.53. The molecule has 4 rings (SSSR count). The highest BCUT2D eigenvalue weighted by Gasteiger charge is 2.34. The van der Waals surface area contributed by atoms with E-state index in [4.69, 9.17) is 0 Å². The Morgan fingerprint density at radius 3 is 2.86 bits per heavy atom. The highest BCUT2D eigenvalue weighted by molar-refractivity contribution is 7.10. The summed E-state index contributed by atoms with van der Waals surface area (Å²) in [6, 6.07) is 0. The summed E-state index contributed by atoms with van der Waals surface area (Å²) in [5.41, 5.74) is 2.43. The quantitative estimate of drug-likeness (QED) is 0.745. The molecule has 0 bridgehead atoms. The molecule has 1 aromatic rings. The molecule has 1 aliphatic heterocycles. The Morgan fingerprint density at radius 1 is 1.18 bits per heavy atom. The number of fused-ring (bicyclic) bond motifs is 2. The van der Waals surface area contributed by atoms with Gasteiger partial charge in [-0.05, 0) is 55.4 Å². The van der Waals surface area contributed by atoms with Crippen molar-refractivity contribution in [1.29, 1.82) is 0 Å². The van der Waals surface area contributed by atoms with Gasteiger partial charge in [0.05, 0.1) is 5.56 Å². The number of piperidine rings is 1. The molecular formula is C19H27NOS. The minimum atomic E-state index is 0.330. The largest absolute Gasteiger partial charge is 0.338 e. The molecule has 3 atom stereocenters. The molecule has 2 aliphatic carbocycles. The predicted molar refractivity (Wildman–Crippen MR) is 91.5 cm³/mol. The zero-order valence-electron chi connectivity index (χ0n) is 13.6. The van der Waals surface area contributed by atoms with Crippen molar-refractivity contribution in [3.63, 3.8) is 0 Å². The third-order valence-corrected chi connectivity index (χ3v) is 7.26. The number of amides is 1. The van der Waals surface area contributed by atoms with Crippen molar-refractivity contribution < 1.29 is 4.79 Å². The van der Waals surface area contributed by atoms with E-state index in [-0.39, 0.29) is 0 Å². The SMILES string of the molecule is C[C@@H]1CCc2c(C(=O)N3CC[C@@H]4CCCC[C@@H]4C3)csc2C1. The Hall–Kier alpha value is -0.830. The van der Waals surface area contributed by atoms with E-state index < -0.39 is 0 Å². The van der Waals surface area contributed by atoms with Crippen LogP contribution in [0.2, 0.25) is 0 Å². The number of thiophene rings is 1. The smallest absolute Gasteiger partial charge is 0.254 e. The van der Waals surface area contributed by atoms with Gasteiger partial charge < -0.3 is 4.90 Å². The highest BCUT2D eigenvalue weighted by atomic mass is 32.1. The van der Waals surface area contributed by atoms with E-state index in [1.165, 1.54) is 55.4 Å². The van der Waals surface area contributed by atoms with Gasteiger partial charge >= 0.3 is 0 Å². The van der Waals surface area contributed by atoms with Crippen LogP contribution in [0.15, 0.2) is 5.38 Å².